The monoisotopic (exact) mass is 405 g/mol. The van der Waals surface area contributed by atoms with E-state index in [-0.39, 0.29) is 24.3 Å². The van der Waals surface area contributed by atoms with E-state index in [1.807, 2.05) is 12.1 Å². The van der Waals surface area contributed by atoms with Gasteiger partial charge in [-0.3, -0.25) is 9.78 Å². The highest BCUT2D eigenvalue weighted by Gasteiger charge is 2.32. The zero-order valence-electron chi connectivity index (χ0n) is 16.0. The maximum Gasteiger partial charge on any atom is 0.238 e. The highest BCUT2D eigenvalue weighted by Crippen LogP contribution is 2.31. The quantitative estimate of drug-likeness (QED) is 0.740. The molecule has 3 rings (SSSR count). The third-order valence-electron chi connectivity index (χ3n) is 5.01. The third-order valence-corrected chi connectivity index (χ3v) is 6.27. The van der Waals surface area contributed by atoms with Crippen LogP contribution in [0, 0.1) is 5.82 Å². The molecule has 2 heterocycles. The van der Waals surface area contributed by atoms with Crippen LogP contribution in [0.15, 0.2) is 42.6 Å². The maximum atomic E-state index is 13.0. The lowest BCUT2D eigenvalue weighted by Crippen LogP contribution is -2.40. The Kier molecular flexibility index (Phi) is 6.10. The van der Waals surface area contributed by atoms with E-state index in [0.717, 1.165) is 40.2 Å². The number of pyridine rings is 1. The number of nitrogens with zero attached hydrogens (tertiary/aromatic N) is 3. The molecule has 1 saturated heterocycles. The molecular formula is C20H24FN3O3S. The van der Waals surface area contributed by atoms with Crippen molar-refractivity contribution in [1.82, 2.24) is 14.2 Å². The Balaban J connectivity index is 1.68. The largest absolute Gasteiger partial charge is 0.333 e. The summed E-state index contributed by atoms with van der Waals surface area (Å²) in [6.07, 6.45) is 5.18. The summed E-state index contributed by atoms with van der Waals surface area (Å²) < 4.78 is 37.2. The molecule has 2 aromatic rings. The van der Waals surface area contributed by atoms with Crippen molar-refractivity contribution in [3.05, 3.63) is 65.2 Å². The molecule has 0 saturated carbocycles. The number of carbonyl (C=O) groups excluding carboxylic acids is 1. The SMILES string of the molecule is CN(CC(=O)N1CCCC1c1ccc(Cc2ccc(F)cc2)cn1)S(C)(=O)=O. The number of aromatic nitrogens is 1. The first-order chi connectivity index (χ1) is 13.2. The van der Waals surface area contributed by atoms with Gasteiger partial charge in [-0.2, -0.15) is 4.31 Å². The zero-order valence-corrected chi connectivity index (χ0v) is 16.8. The number of amides is 1. The number of halogens is 1. The van der Waals surface area contributed by atoms with Gasteiger partial charge in [0.05, 0.1) is 24.5 Å². The van der Waals surface area contributed by atoms with Crippen LogP contribution in [0.1, 0.15) is 35.7 Å². The van der Waals surface area contributed by atoms with Crippen molar-refractivity contribution >= 4 is 15.9 Å². The molecule has 1 amide bonds. The first-order valence-corrected chi connectivity index (χ1v) is 11.0. The Morgan fingerprint density at radius 2 is 1.89 bits per heavy atom. The number of sulfonamides is 1. The number of likely N-dealkylation sites (tertiary alicyclic amines) is 1. The van der Waals surface area contributed by atoms with Crippen molar-refractivity contribution in [3.8, 4) is 0 Å². The van der Waals surface area contributed by atoms with Crippen molar-refractivity contribution in [2.45, 2.75) is 25.3 Å². The van der Waals surface area contributed by atoms with Crippen LogP contribution in [0.25, 0.3) is 0 Å². The normalized spacial score (nSPS) is 17.3. The standard InChI is InChI=1S/C20H24FN3O3S/c1-23(28(2,26)27)14-20(25)24-11-3-4-19(24)18-10-7-16(13-22-18)12-15-5-8-17(21)9-6-15/h5-10,13,19H,3-4,11-12,14H2,1-2H3. The predicted octanol–water partition coefficient (Wildman–Crippen LogP) is 2.37. The summed E-state index contributed by atoms with van der Waals surface area (Å²) in [5, 5.41) is 0. The van der Waals surface area contributed by atoms with Gasteiger partial charge in [-0.1, -0.05) is 18.2 Å². The number of hydrogen-bond acceptors (Lipinski definition) is 4. The lowest BCUT2D eigenvalue weighted by molar-refractivity contribution is -0.132. The van der Waals surface area contributed by atoms with Crippen molar-refractivity contribution in [1.29, 1.82) is 0 Å². The van der Waals surface area contributed by atoms with Crippen LogP contribution >= 0.6 is 0 Å². The molecular weight excluding hydrogens is 381 g/mol. The van der Waals surface area contributed by atoms with Crippen LogP contribution in [0.4, 0.5) is 4.39 Å². The molecule has 0 radical (unpaired) electrons. The number of hydrogen-bond donors (Lipinski definition) is 0. The molecule has 0 spiro atoms. The topological polar surface area (TPSA) is 70.6 Å². The van der Waals surface area contributed by atoms with E-state index in [4.69, 9.17) is 0 Å². The van der Waals surface area contributed by atoms with Gasteiger partial charge in [0.2, 0.25) is 15.9 Å². The molecule has 1 aromatic heterocycles. The Hall–Kier alpha value is -2.32. The maximum absolute atomic E-state index is 13.0. The number of likely N-dealkylation sites (N-methyl/N-ethyl adjacent to an activating group) is 1. The Morgan fingerprint density at radius 1 is 1.21 bits per heavy atom. The molecule has 1 atom stereocenters. The van der Waals surface area contributed by atoms with Gasteiger partial charge in [0.1, 0.15) is 5.82 Å². The van der Waals surface area contributed by atoms with Crippen LogP contribution in [0.5, 0.6) is 0 Å². The van der Waals surface area contributed by atoms with Gasteiger partial charge in [0, 0.05) is 19.8 Å². The van der Waals surface area contributed by atoms with Gasteiger partial charge in [-0.15, -0.1) is 0 Å². The van der Waals surface area contributed by atoms with E-state index in [0.29, 0.717) is 13.0 Å². The van der Waals surface area contributed by atoms with E-state index in [1.54, 1.807) is 23.2 Å². The highest BCUT2D eigenvalue weighted by molar-refractivity contribution is 7.88. The van der Waals surface area contributed by atoms with E-state index < -0.39 is 10.0 Å². The zero-order chi connectivity index (χ0) is 20.3. The lowest BCUT2D eigenvalue weighted by Gasteiger charge is -2.26. The van der Waals surface area contributed by atoms with E-state index in [2.05, 4.69) is 4.98 Å². The van der Waals surface area contributed by atoms with Crippen LogP contribution in [-0.2, 0) is 21.2 Å². The third kappa shape index (κ3) is 4.94. The van der Waals surface area contributed by atoms with Crippen molar-refractivity contribution in [3.63, 3.8) is 0 Å². The molecule has 1 aliphatic rings. The van der Waals surface area contributed by atoms with Gasteiger partial charge >= 0.3 is 0 Å². The Morgan fingerprint density at radius 3 is 2.50 bits per heavy atom. The Bertz CT molecular complexity index is 930. The second kappa shape index (κ2) is 8.36. The van der Waals surface area contributed by atoms with Gasteiger partial charge in [-0.25, -0.2) is 12.8 Å². The summed E-state index contributed by atoms with van der Waals surface area (Å²) >= 11 is 0. The summed E-state index contributed by atoms with van der Waals surface area (Å²) in [5.41, 5.74) is 2.80. The molecule has 0 N–H and O–H groups in total. The molecule has 1 fully saturated rings. The second-order valence-corrected chi connectivity index (χ2v) is 9.25. The molecule has 28 heavy (non-hydrogen) atoms. The van der Waals surface area contributed by atoms with E-state index >= 15 is 0 Å². The summed E-state index contributed by atoms with van der Waals surface area (Å²) in [5.74, 6) is -0.475. The highest BCUT2D eigenvalue weighted by atomic mass is 32.2. The summed E-state index contributed by atoms with van der Waals surface area (Å²) in [7, 11) is -2.00. The van der Waals surface area contributed by atoms with Crippen molar-refractivity contribution in [2.75, 3.05) is 26.4 Å². The van der Waals surface area contributed by atoms with Crippen LogP contribution in [-0.4, -0.2) is 54.9 Å². The van der Waals surface area contributed by atoms with Gasteiger partial charge in [0.15, 0.2) is 0 Å². The molecule has 1 aromatic carbocycles. The molecule has 1 aliphatic heterocycles. The van der Waals surface area contributed by atoms with Crippen LogP contribution in [0.3, 0.4) is 0 Å². The van der Waals surface area contributed by atoms with E-state index in [9.17, 15) is 17.6 Å². The summed E-state index contributed by atoms with van der Waals surface area (Å²) in [4.78, 5) is 18.8. The van der Waals surface area contributed by atoms with Crippen molar-refractivity contribution in [2.24, 2.45) is 0 Å². The molecule has 6 nitrogen and oxygen atoms in total. The Labute approximate surface area is 165 Å². The molecule has 0 bridgehead atoms. The minimum Gasteiger partial charge on any atom is -0.333 e. The number of benzene rings is 1. The predicted molar refractivity (Wildman–Crippen MR) is 105 cm³/mol. The molecule has 150 valence electrons. The van der Waals surface area contributed by atoms with Gasteiger partial charge in [0.25, 0.3) is 0 Å². The fraction of sp³-hybridized carbons (Fsp3) is 0.400. The first kappa shape index (κ1) is 20.4. The van der Waals surface area contributed by atoms with E-state index in [1.165, 1.54) is 19.2 Å². The van der Waals surface area contributed by atoms with Crippen LogP contribution in [0.2, 0.25) is 0 Å². The molecule has 0 aliphatic carbocycles. The smallest absolute Gasteiger partial charge is 0.238 e. The van der Waals surface area contributed by atoms with Crippen molar-refractivity contribution < 1.29 is 17.6 Å². The summed E-state index contributed by atoms with van der Waals surface area (Å²) in [6, 6.07) is 10.1. The van der Waals surface area contributed by atoms with Gasteiger partial charge < -0.3 is 4.90 Å². The molecule has 8 heteroatoms. The van der Waals surface area contributed by atoms with Gasteiger partial charge in [-0.05, 0) is 48.6 Å². The summed E-state index contributed by atoms with van der Waals surface area (Å²) in [6.45, 7) is 0.429. The minimum atomic E-state index is -3.40. The lowest BCUT2D eigenvalue weighted by atomic mass is 10.0. The fourth-order valence-electron chi connectivity index (χ4n) is 3.35. The minimum absolute atomic E-state index is 0.139. The fourth-order valence-corrected chi connectivity index (χ4v) is 3.69. The number of carbonyl (C=O) groups is 1. The average molecular weight is 405 g/mol. The second-order valence-electron chi connectivity index (χ2n) is 7.16. The number of rotatable bonds is 6. The molecule has 1 unspecified atom stereocenters. The average Bonchev–Trinajstić information content (AvgIpc) is 3.13. The first-order valence-electron chi connectivity index (χ1n) is 9.14. The van der Waals surface area contributed by atoms with Crippen LogP contribution < -0.4 is 0 Å².